The fourth-order valence-corrected chi connectivity index (χ4v) is 5.08. The van der Waals surface area contributed by atoms with Crippen molar-refractivity contribution in [1.82, 2.24) is 24.6 Å². The summed E-state index contributed by atoms with van der Waals surface area (Å²) in [5.41, 5.74) is 2.14. The zero-order valence-electron chi connectivity index (χ0n) is 18.0. The molecule has 1 amide bonds. The first kappa shape index (κ1) is 21.6. The number of pyridine rings is 1. The van der Waals surface area contributed by atoms with Gasteiger partial charge in [0.15, 0.2) is 11.0 Å². The lowest BCUT2D eigenvalue weighted by Crippen LogP contribution is -2.42. The minimum Gasteiger partial charge on any atom is -0.339 e. The van der Waals surface area contributed by atoms with E-state index in [0.717, 1.165) is 35.9 Å². The van der Waals surface area contributed by atoms with Crippen LogP contribution < -0.4 is 0 Å². The lowest BCUT2D eigenvalue weighted by Gasteiger charge is -2.33. The normalized spacial score (nSPS) is 14.5. The van der Waals surface area contributed by atoms with Crippen LogP contribution in [0.3, 0.4) is 0 Å². The third-order valence-corrected chi connectivity index (χ3v) is 6.79. The van der Waals surface area contributed by atoms with Crippen LogP contribution in [-0.2, 0) is 11.3 Å². The maximum Gasteiger partial charge on any atom is 0.233 e. The van der Waals surface area contributed by atoms with Crippen LogP contribution in [0.25, 0.3) is 11.4 Å². The molecular weight excluding hydrogens is 406 g/mol. The van der Waals surface area contributed by atoms with Gasteiger partial charge in [-0.05, 0) is 37.5 Å². The third-order valence-electron chi connectivity index (χ3n) is 5.84. The Labute approximate surface area is 188 Å². The molecule has 1 saturated carbocycles. The first-order valence-corrected chi connectivity index (χ1v) is 12.0. The Morgan fingerprint density at radius 1 is 1.06 bits per heavy atom. The van der Waals surface area contributed by atoms with Crippen LogP contribution in [0.4, 0.5) is 0 Å². The summed E-state index contributed by atoms with van der Waals surface area (Å²) in [6.07, 6.45) is 9.51. The van der Waals surface area contributed by atoms with Crippen molar-refractivity contribution in [3.8, 4) is 11.4 Å². The van der Waals surface area contributed by atoms with Crippen molar-refractivity contribution in [3.05, 3.63) is 60.4 Å². The van der Waals surface area contributed by atoms with Gasteiger partial charge in [0.05, 0.1) is 12.3 Å². The van der Waals surface area contributed by atoms with Gasteiger partial charge in [-0.1, -0.05) is 61.4 Å². The first-order valence-electron chi connectivity index (χ1n) is 11.1. The lowest BCUT2D eigenvalue weighted by atomic mass is 9.94. The molecule has 0 aliphatic heterocycles. The molecule has 0 N–H and O–H groups in total. The summed E-state index contributed by atoms with van der Waals surface area (Å²) in [7, 11) is 0. The number of aromatic nitrogens is 4. The topological polar surface area (TPSA) is 63.9 Å². The molecule has 0 radical (unpaired) electrons. The second-order valence-electron chi connectivity index (χ2n) is 7.87. The number of hydrogen-bond donors (Lipinski definition) is 0. The van der Waals surface area contributed by atoms with Gasteiger partial charge in [-0.25, -0.2) is 0 Å². The average Bonchev–Trinajstić information content (AvgIpc) is 3.22. The maximum absolute atomic E-state index is 13.0. The molecule has 4 rings (SSSR count). The minimum absolute atomic E-state index is 0.194. The minimum atomic E-state index is 0.194. The second kappa shape index (κ2) is 10.6. The molecule has 2 aromatic heterocycles. The van der Waals surface area contributed by atoms with Crippen molar-refractivity contribution in [3.63, 3.8) is 0 Å². The van der Waals surface area contributed by atoms with Gasteiger partial charge in [-0.15, -0.1) is 10.2 Å². The number of rotatable bonds is 8. The predicted octanol–water partition coefficient (Wildman–Crippen LogP) is 4.66. The Balaban J connectivity index is 1.53. The van der Waals surface area contributed by atoms with Crippen LogP contribution in [0.5, 0.6) is 0 Å². The highest BCUT2D eigenvalue weighted by Gasteiger charge is 2.25. The smallest absolute Gasteiger partial charge is 0.233 e. The van der Waals surface area contributed by atoms with Gasteiger partial charge >= 0.3 is 0 Å². The standard InChI is InChI=1S/C24H29N5OS/c1-2-28(21-11-7-4-8-12-21)22(30)18-31-24-27-26-23(20-13-15-25-16-14-20)29(24)17-19-9-5-3-6-10-19/h3,5-6,9-10,13-16,21H,2,4,7-8,11-12,17-18H2,1H3. The number of benzene rings is 1. The Morgan fingerprint density at radius 3 is 2.52 bits per heavy atom. The van der Waals surface area contributed by atoms with Gasteiger partial charge in [0.2, 0.25) is 5.91 Å². The van der Waals surface area contributed by atoms with E-state index in [4.69, 9.17) is 0 Å². The zero-order valence-corrected chi connectivity index (χ0v) is 18.8. The van der Waals surface area contributed by atoms with Crippen molar-refractivity contribution in [2.24, 2.45) is 0 Å². The fourth-order valence-electron chi connectivity index (χ4n) is 4.26. The van der Waals surface area contributed by atoms with Gasteiger partial charge in [0.25, 0.3) is 0 Å². The lowest BCUT2D eigenvalue weighted by molar-refractivity contribution is -0.131. The molecule has 0 atom stereocenters. The number of thioether (sulfide) groups is 1. The van der Waals surface area contributed by atoms with E-state index in [1.54, 1.807) is 12.4 Å². The molecule has 1 fully saturated rings. The molecule has 1 aromatic carbocycles. The Morgan fingerprint density at radius 2 is 1.81 bits per heavy atom. The van der Waals surface area contributed by atoms with Crippen molar-refractivity contribution >= 4 is 17.7 Å². The molecule has 1 aliphatic carbocycles. The highest BCUT2D eigenvalue weighted by Crippen LogP contribution is 2.27. The summed E-state index contributed by atoms with van der Waals surface area (Å²) in [4.78, 5) is 19.2. The molecule has 7 heteroatoms. The van der Waals surface area contributed by atoms with Crippen LogP contribution in [0, 0.1) is 0 Å². The molecule has 31 heavy (non-hydrogen) atoms. The zero-order chi connectivity index (χ0) is 21.5. The van der Waals surface area contributed by atoms with Gasteiger partial charge < -0.3 is 4.90 Å². The first-order chi connectivity index (χ1) is 15.3. The van der Waals surface area contributed by atoms with Crippen molar-refractivity contribution < 1.29 is 4.79 Å². The van der Waals surface area contributed by atoms with Gasteiger partial charge in [-0.3, -0.25) is 14.3 Å². The van der Waals surface area contributed by atoms with E-state index in [1.165, 1.54) is 36.6 Å². The monoisotopic (exact) mass is 435 g/mol. The summed E-state index contributed by atoms with van der Waals surface area (Å²) < 4.78 is 2.10. The summed E-state index contributed by atoms with van der Waals surface area (Å²) in [6.45, 7) is 3.50. The highest BCUT2D eigenvalue weighted by molar-refractivity contribution is 7.99. The average molecular weight is 436 g/mol. The number of hydrogen-bond acceptors (Lipinski definition) is 5. The van der Waals surface area contributed by atoms with Crippen LogP contribution in [-0.4, -0.2) is 48.9 Å². The number of carbonyl (C=O) groups is 1. The molecule has 0 spiro atoms. The van der Waals surface area contributed by atoms with Crippen LogP contribution in [0.2, 0.25) is 0 Å². The molecule has 162 valence electrons. The SMILES string of the molecule is CCN(C(=O)CSc1nnc(-c2ccncc2)n1Cc1ccccc1)C1CCCCC1. The van der Waals surface area contributed by atoms with Gasteiger partial charge in [-0.2, -0.15) is 0 Å². The Kier molecular flexibility index (Phi) is 7.35. The summed E-state index contributed by atoms with van der Waals surface area (Å²) in [5, 5.41) is 9.67. The summed E-state index contributed by atoms with van der Waals surface area (Å²) >= 11 is 1.48. The molecule has 0 unspecified atom stereocenters. The molecule has 0 bridgehead atoms. The van der Waals surface area contributed by atoms with Crippen molar-refractivity contribution in [1.29, 1.82) is 0 Å². The largest absolute Gasteiger partial charge is 0.339 e. The fraction of sp³-hybridized carbons (Fsp3) is 0.417. The predicted molar refractivity (Wildman–Crippen MR) is 124 cm³/mol. The number of nitrogens with zero attached hydrogens (tertiary/aromatic N) is 5. The molecule has 0 saturated heterocycles. The van der Waals surface area contributed by atoms with Crippen LogP contribution in [0.1, 0.15) is 44.6 Å². The van der Waals surface area contributed by atoms with Gasteiger partial charge in [0, 0.05) is 30.5 Å². The van der Waals surface area contributed by atoms with Crippen LogP contribution >= 0.6 is 11.8 Å². The van der Waals surface area contributed by atoms with E-state index in [0.29, 0.717) is 18.3 Å². The van der Waals surface area contributed by atoms with Crippen LogP contribution in [0.15, 0.2) is 60.0 Å². The van der Waals surface area contributed by atoms with E-state index in [1.807, 2.05) is 30.3 Å². The molecule has 2 heterocycles. The van der Waals surface area contributed by atoms with E-state index in [9.17, 15) is 4.79 Å². The van der Waals surface area contributed by atoms with E-state index in [-0.39, 0.29) is 5.91 Å². The quantitative estimate of drug-likeness (QED) is 0.482. The number of carbonyl (C=O) groups excluding carboxylic acids is 1. The molecule has 3 aromatic rings. The number of amides is 1. The maximum atomic E-state index is 13.0. The molecular formula is C24H29N5OS. The van der Waals surface area contributed by atoms with Crippen molar-refractivity contribution in [2.75, 3.05) is 12.3 Å². The molecule has 6 nitrogen and oxygen atoms in total. The van der Waals surface area contributed by atoms with Crippen molar-refractivity contribution in [2.45, 2.75) is 56.8 Å². The van der Waals surface area contributed by atoms with E-state index >= 15 is 0 Å². The van der Waals surface area contributed by atoms with Gasteiger partial charge in [0.1, 0.15) is 0 Å². The summed E-state index contributed by atoms with van der Waals surface area (Å²) in [5.74, 6) is 1.37. The molecule has 1 aliphatic rings. The van der Waals surface area contributed by atoms with E-state index in [2.05, 4.69) is 43.7 Å². The second-order valence-corrected chi connectivity index (χ2v) is 8.82. The Bertz CT molecular complexity index is 970. The third kappa shape index (κ3) is 5.34. The summed E-state index contributed by atoms with van der Waals surface area (Å²) in [6, 6.07) is 14.5. The highest BCUT2D eigenvalue weighted by atomic mass is 32.2. The Hall–Kier alpha value is -2.67. The van der Waals surface area contributed by atoms with E-state index < -0.39 is 0 Å².